The molecule has 0 bridgehead atoms. The van der Waals surface area contributed by atoms with E-state index in [9.17, 15) is 4.79 Å². The van der Waals surface area contributed by atoms with Gasteiger partial charge in [-0.15, -0.1) is 11.3 Å². The molecule has 2 aromatic rings. The molecular weight excluding hydrogens is 271 g/mol. The maximum Gasteiger partial charge on any atom is 0.259 e. The van der Waals surface area contributed by atoms with Crippen molar-refractivity contribution >= 4 is 52.0 Å². The van der Waals surface area contributed by atoms with Crippen LogP contribution in [0.25, 0.3) is 0 Å². The van der Waals surface area contributed by atoms with Gasteiger partial charge in [-0.1, -0.05) is 23.2 Å². The number of anilines is 2. The topological polar surface area (TPSA) is 83.8 Å². The third-order valence-corrected chi connectivity index (χ3v) is 3.30. The lowest BCUT2D eigenvalue weighted by atomic mass is 10.3. The number of H-pyrrole nitrogens is 1. The zero-order valence-corrected chi connectivity index (χ0v) is 10.1. The number of aromatic amines is 1. The number of nitrogens with one attached hydrogen (secondary N) is 2. The van der Waals surface area contributed by atoms with Gasteiger partial charge in [-0.25, -0.2) is 0 Å². The normalized spacial score (nSPS) is 10.4. The van der Waals surface area contributed by atoms with Crippen molar-refractivity contribution in [2.45, 2.75) is 0 Å². The lowest BCUT2D eigenvalue weighted by molar-refractivity contribution is 0.102. The Kier molecular flexibility index (Phi) is 3.04. The van der Waals surface area contributed by atoms with E-state index in [4.69, 9.17) is 28.9 Å². The number of carbonyl (C=O) groups excluding carboxylic acids is 1. The van der Waals surface area contributed by atoms with E-state index in [-0.39, 0.29) is 5.91 Å². The molecule has 0 radical (unpaired) electrons. The summed E-state index contributed by atoms with van der Waals surface area (Å²) >= 11 is 12.7. The van der Waals surface area contributed by atoms with Crippen molar-refractivity contribution < 1.29 is 4.79 Å². The molecule has 84 valence electrons. The summed E-state index contributed by atoms with van der Waals surface area (Å²) in [4.78, 5) is 11.7. The van der Waals surface area contributed by atoms with Gasteiger partial charge < -0.3 is 11.1 Å². The van der Waals surface area contributed by atoms with Crippen molar-refractivity contribution in [2.75, 3.05) is 11.1 Å². The Morgan fingerprint density at radius 1 is 1.56 bits per heavy atom. The van der Waals surface area contributed by atoms with E-state index in [0.717, 1.165) is 11.3 Å². The highest BCUT2D eigenvalue weighted by atomic mass is 35.5. The number of rotatable bonds is 2. The summed E-state index contributed by atoms with van der Waals surface area (Å²) in [6, 6.07) is 1.50. The minimum atomic E-state index is -0.385. The fraction of sp³-hybridized carbons (Fsp3) is 0. The Hall–Kier alpha value is -1.24. The number of halogens is 2. The van der Waals surface area contributed by atoms with E-state index in [0.29, 0.717) is 25.7 Å². The number of thiophene rings is 1. The van der Waals surface area contributed by atoms with E-state index in [1.54, 1.807) is 0 Å². The molecule has 0 fully saturated rings. The lowest BCUT2D eigenvalue weighted by Crippen LogP contribution is -2.12. The molecule has 0 saturated carbocycles. The van der Waals surface area contributed by atoms with Crippen molar-refractivity contribution in [1.29, 1.82) is 0 Å². The van der Waals surface area contributed by atoms with E-state index in [1.165, 1.54) is 12.3 Å². The second-order valence-electron chi connectivity index (χ2n) is 2.89. The van der Waals surface area contributed by atoms with Gasteiger partial charge in [-0.2, -0.15) is 5.10 Å². The third-order valence-electron chi connectivity index (χ3n) is 1.81. The minimum Gasteiger partial charge on any atom is -0.394 e. The standard InChI is InChI=1S/C8H6Cl2N4OS/c9-5-1-3(6(10)16-5)8(15)13-7-4(11)2-12-14-7/h1-2H,11H2,(H2,12,13,14,15). The molecule has 0 aliphatic rings. The first-order chi connectivity index (χ1) is 7.58. The average molecular weight is 277 g/mol. The highest BCUT2D eigenvalue weighted by Crippen LogP contribution is 2.31. The Balaban J connectivity index is 2.21. The van der Waals surface area contributed by atoms with Crippen LogP contribution in [0.1, 0.15) is 10.4 Å². The Morgan fingerprint density at radius 2 is 2.31 bits per heavy atom. The van der Waals surface area contributed by atoms with E-state index >= 15 is 0 Å². The smallest absolute Gasteiger partial charge is 0.259 e. The quantitative estimate of drug-likeness (QED) is 0.788. The molecule has 0 aromatic carbocycles. The van der Waals surface area contributed by atoms with Gasteiger partial charge in [0.05, 0.1) is 21.8 Å². The number of nitrogen functional groups attached to an aromatic ring is 1. The molecule has 5 nitrogen and oxygen atoms in total. The molecule has 2 rings (SSSR count). The first kappa shape index (κ1) is 11.3. The van der Waals surface area contributed by atoms with Gasteiger partial charge >= 0.3 is 0 Å². The molecule has 0 saturated heterocycles. The molecule has 0 unspecified atom stereocenters. The van der Waals surface area contributed by atoms with Gasteiger partial charge in [-0.3, -0.25) is 9.89 Å². The number of nitrogens with zero attached hydrogens (tertiary/aromatic N) is 1. The number of nitrogens with two attached hydrogens (primary N) is 1. The molecule has 0 atom stereocenters. The van der Waals surface area contributed by atoms with E-state index < -0.39 is 0 Å². The second kappa shape index (κ2) is 4.32. The molecule has 2 aromatic heterocycles. The van der Waals surface area contributed by atoms with Crippen molar-refractivity contribution in [1.82, 2.24) is 10.2 Å². The molecule has 1 amide bonds. The second-order valence-corrected chi connectivity index (χ2v) is 5.18. The van der Waals surface area contributed by atoms with Crippen molar-refractivity contribution in [3.05, 3.63) is 26.5 Å². The van der Waals surface area contributed by atoms with Crippen LogP contribution in [0.2, 0.25) is 8.67 Å². The van der Waals surface area contributed by atoms with Gasteiger partial charge in [0.1, 0.15) is 4.34 Å². The summed E-state index contributed by atoms with van der Waals surface area (Å²) < 4.78 is 0.785. The SMILES string of the molecule is Nc1cn[nH]c1NC(=O)c1cc(Cl)sc1Cl. The predicted octanol–water partition coefficient (Wildman–Crippen LogP) is 2.61. The monoisotopic (exact) mass is 276 g/mol. The Labute approximate surface area is 105 Å². The first-order valence-corrected chi connectivity index (χ1v) is 5.70. The summed E-state index contributed by atoms with van der Waals surface area (Å²) in [6.07, 6.45) is 1.40. The maximum absolute atomic E-state index is 11.7. The fourth-order valence-electron chi connectivity index (χ4n) is 1.07. The molecule has 8 heteroatoms. The van der Waals surface area contributed by atoms with Crippen molar-refractivity contribution in [2.24, 2.45) is 0 Å². The van der Waals surface area contributed by atoms with Crippen LogP contribution in [-0.2, 0) is 0 Å². The maximum atomic E-state index is 11.7. The highest BCUT2D eigenvalue weighted by Gasteiger charge is 2.15. The Bertz CT molecular complexity index is 536. The van der Waals surface area contributed by atoms with Gasteiger partial charge in [-0.05, 0) is 6.07 Å². The fourth-order valence-corrected chi connectivity index (χ4v) is 2.53. The summed E-state index contributed by atoms with van der Waals surface area (Å²) in [7, 11) is 0. The predicted molar refractivity (Wildman–Crippen MR) is 65.3 cm³/mol. The Morgan fingerprint density at radius 3 is 2.81 bits per heavy atom. The van der Waals surface area contributed by atoms with Crippen molar-refractivity contribution in [3.8, 4) is 0 Å². The summed E-state index contributed by atoms with van der Waals surface area (Å²) in [5.41, 5.74) is 6.21. The number of aromatic nitrogens is 2. The highest BCUT2D eigenvalue weighted by molar-refractivity contribution is 7.20. The number of hydrogen-bond donors (Lipinski definition) is 3. The summed E-state index contributed by atoms with van der Waals surface area (Å²) in [5.74, 6) is -0.0486. The zero-order chi connectivity index (χ0) is 11.7. The number of amides is 1. The molecule has 0 aliphatic carbocycles. The van der Waals surface area contributed by atoms with Crippen LogP contribution in [0.4, 0.5) is 11.5 Å². The van der Waals surface area contributed by atoms with Crippen LogP contribution in [0, 0.1) is 0 Å². The molecule has 0 aliphatic heterocycles. The van der Waals surface area contributed by atoms with Crippen LogP contribution >= 0.6 is 34.5 Å². The largest absolute Gasteiger partial charge is 0.394 e. The van der Waals surface area contributed by atoms with Gasteiger partial charge in [0.15, 0.2) is 5.82 Å². The van der Waals surface area contributed by atoms with Gasteiger partial charge in [0.2, 0.25) is 0 Å². The first-order valence-electron chi connectivity index (χ1n) is 4.13. The lowest BCUT2D eigenvalue weighted by Gasteiger charge is -2.01. The van der Waals surface area contributed by atoms with Crippen LogP contribution in [0.15, 0.2) is 12.3 Å². The molecule has 0 spiro atoms. The van der Waals surface area contributed by atoms with Crippen molar-refractivity contribution in [3.63, 3.8) is 0 Å². The molecule has 16 heavy (non-hydrogen) atoms. The molecule has 2 heterocycles. The molecular formula is C8H6Cl2N4OS. The van der Waals surface area contributed by atoms with Crippen LogP contribution in [0.3, 0.4) is 0 Å². The minimum absolute atomic E-state index is 0.311. The number of carbonyl (C=O) groups is 1. The van der Waals surface area contributed by atoms with Gasteiger partial charge in [0, 0.05) is 0 Å². The zero-order valence-electron chi connectivity index (χ0n) is 7.75. The molecule has 4 N–H and O–H groups in total. The average Bonchev–Trinajstić information content (AvgIpc) is 2.74. The van der Waals surface area contributed by atoms with Crippen LogP contribution in [0.5, 0.6) is 0 Å². The van der Waals surface area contributed by atoms with E-state index in [1.807, 2.05) is 0 Å². The number of hydrogen-bond acceptors (Lipinski definition) is 4. The summed E-state index contributed by atoms with van der Waals surface area (Å²) in [5, 5.41) is 8.77. The summed E-state index contributed by atoms with van der Waals surface area (Å²) in [6.45, 7) is 0. The van der Waals surface area contributed by atoms with Gasteiger partial charge in [0.25, 0.3) is 5.91 Å². The van der Waals surface area contributed by atoms with E-state index in [2.05, 4.69) is 15.5 Å². The third kappa shape index (κ3) is 2.13. The van der Waals surface area contributed by atoms with Crippen LogP contribution in [-0.4, -0.2) is 16.1 Å². The van der Waals surface area contributed by atoms with Crippen LogP contribution < -0.4 is 11.1 Å².